The summed E-state index contributed by atoms with van der Waals surface area (Å²) in [6, 6.07) is 7.71. The Hall–Kier alpha value is -2.15. The monoisotopic (exact) mass is 333 g/mol. The van der Waals surface area contributed by atoms with Crippen LogP contribution in [0.15, 0.2) is 34.9 Å². The summed E-state index contributed by atoms with van der Waals surface area (Å²) in [6.45, 7) is 0. The maximum absolute atomic E-state index is 12.2. The highest BCUT2D eigenvalue weighted by Gasteiger charge is 2.17. The lowest BCUT2D eigenvalue weighted by atomic mass is 10.3. The third kappa shape index (κ3) is 2.09. The first-order chi connectivity index (χ1) is 9.56. The van der Waals surface area contributed by atoms with Gasteiger partial charge in [-0.25, -0.2) is 4.98 Å². The molecule has 2 aromatic heterocycles. The topological polar surface area (TPSA) is 64.7 Å². The van der Waals surface area contributed by atoms with Crippen LogP contribution in [0.1, 0.15) is 10.5 Å². The third-order valence-electron chi connectivity index (χ3n) is 3.01. The first kappa shape index (κ1) is 12.9. The summed E-state index contributed by atoms with van der Waals surface area (Å²) in [5.41, 5.74) is 2.13. The smallest absolute Gasteiger partial charge is 0.279 e. The van der Waals surface area contributed by atoms with Gasteiger partial charge in [0, 0.05) is 20.3 Å². The molecule has 3 rings (SSSR count). The van der Waals surface area contributed by atoms with Gasteiger partial charge >= 0.3 is 0 Å². The van der Waals surface area contributed by atoms with Crippen LogP contribution < -0.4 is 5.32 Å². The lowest BCUT2D eigenvalue weighted by molar-refractivity contribution is 0.101. The van der Waals surface area contributed by atoms with Crippen molar-refractivity contribution in [1.82, 2.24) is 19.3 Å². The minimum atomic E-state index is -0.295. The zero-order valence-corrected chi connectivity index (χ0v) is 12.5. The molecule has 2 heterocycles. The zero-order chi connectivity index (χ0) is 14.3. The molecule has 0 atom stereocenters. The number of hydrogen-bond acceptors (Lipinski definition) is 3. The van der Waals surface area contributed by atoms with E-state index < -0.39 is 0 Å². The molecule has 0 fully saturated rings. The molecule has 1 amide bonds. The van der Waals surface area contributed by atoms with Crippen LogP contribution in [-0.2, 0) is 14.1 Å². The molecule has 0 unspecified atom stereocenters. The van der Waals surface area contributed by atoms with Gasteiger partial charge in [-0.2, -0.15) is 5.10 Å². The summed E-state index contributed by atoms with van der Waals surface area (Å²) in [6.07, 6.45) is 1.73. The standard InChI is InChI=1S/C13H12BrN5O/c1-18-7-8(14)11(17-18)12(20)16-13-15-9-5-3-4-6-10(9)19(13)2/h3-7H,1-2H3,(H,15,16,20). The molecule has 0 aliphatic carbocycles. The highest BCUT2D eigenvalue weighted by Crippen LogP contribution is 2.19. The summed E-state index contributed by atoms with van der Waals surface area (Å²) < 4.78 is 4.06. The fourth-order valence-electron chi connectivity index (χ4n) is 2.03. The number of carbonyl (C=O) groups is 1. The molecular formula is C13H12BrN5O. The van der Waals surface area contributed by atoms with Crippen molar-refractivity contribution in [3.05, 3.63) is 40.6 Å². The first-order valence-corrected chi connectivity index (χ1v) is 6.77. The van der Waals surface area contributed by atoms with Gasteiger partial charge in [0.25, 0.3) is 5.91 Å². The molecule has 3 aromatic rings. The Kier molecular flexibility index (Phi) is 3.06. The number of para-hydroxylation sites is 2. The Morgan fingerprint density at radius 2 is 2.05 bits per heavy atom. The number of anilines is 1. The van der Waals surface area contributed by atoms with Gasteiger partial charge in [-0.15, -0.1) is 0 Å². The highest BCUT2D eigenvalue weighted by molar-refractivity contribution is 9.10. The Bertz CT molecular complexity index is 804. The minimum absolute atomic E-state index is 0.295. The van der Waals surface area contributed by atoms with Crippen LogP contribution in [-0.4, -0.2) is 25.2 Å². The van der Waals surface area contributed by atoms with Crippen molar-refractivity contribution >= 4 is 38.8 Å². The fourth-order valence-corrected chi connectivity index (χ4v) is 2.59. The average Bonchev–Trinajstić information content (AvgIpc) is 2.91. The van der Waals surface area contributed by atoms with Crippen LogP contribution in [0.2, 0.25) is 0 Å². The fraction of sp³-hybridized carbons (Fsp3) is 0.154. The number of fused-ring (bicyclic) bond motifs is 1. The van der Waals surface area contributed by atoms with Crippen molar-refractivity contribution in [3.63, 3.8) is 0 Å². The van der Waals surface area contributed by atoms with E-state index >= 15 is 0 Å². The minimum Gasteiger partial charge on any atom is -0.313 e. The number of nitrogens with one attached hydrogen (secondary N) is 1. The number of carbonyl (C=O) groups excluding carboxylic acids is 1. The van der Waals surface area contributed by atoms with Gasteiger partial charge in [0.1, 0.15) is 0 Å². The second kappa shape index (κ2) is 4.75. The van der Waals surface area contributed by atoms with Crippen LogP contribution in [0, 0.1) is 0 Å². The molecule has 7 heteroatoms. The number of aryl methyl sites for hydroxylation is 2. The lowest BCUT2D eigenvalue weighted by Crippen LogP contribution is -2.16. The summed E-state index contributed by atoms with van der Waals surface area (Å²) in [7, 11) is 3.62. The first-order valence-electron chi connectivity index (χ1n) is 5.98. The van der Waals surface area contributed by atoms with Crippen molar-refractivity contribution in [2.75, 3.05) is 5.32 Å². The predicted octanol–water partition coefficient (Wildman–Crippen LogP) is 2.32. The van der Waals surface area contributed by atoms with E-state index in [9.17, 15) is 4.79 Å². The van der Waals surface area contributed by atoms with Gasteiger partial charge in [-0.3, -0.25) is 14.8 Å². The van der Waals surface area contributed by atoms with E-state index in [0.717, 1.165) is 11.0 Å². The second-order valence-electron chi connectivity index (χ2n) is 4.44. The van der Waals surface area contributed by atoms with Gasteiger partial charge in [0.15, 0.2) is 5.69 Å². The molecule has 102 valence electrons. The van der Waals surface area contributed by atoms with Crippen molar-refractivity contribution in [3.8, 4) is 0 Å². The number of imidazole rings is 1. The number of rotatable bonds is 2. The molecule has 0 aliphatic heterocycles. The largest absolute Gasteiger partial charge is 0.313 e. The summed E-state index contributed by atoms with van der Waals surface area (Å²) in [5.74, 6) is 0.199. The average molecular weight is 334 g/mol. The summed E-state index contributed by atoms with van der Waals surface area (Å²) in [5, 5.41) is 6.89. The van der Waals surface area contributed by atoms with Crippen LogP contribution in [0.5, 0.6) is 0 Å². The van der Waals surface area contributed by atoms with Crippen molar-refractivity contribution in [2.24, 2.45) is 14.1 Å². The van der Waals surface area contributed by atoms with Crippen LogP contribution in [0.3, 0.4) is 0 Å². The molecule has 0 spiro atoms. The maximum Gasteiger partial charge on any atom is 0.279 e. The van der Waals surface area contributed by atoms with E-state index in [1.54, 1.807) is 17.9 Å². The van der Waals surface area contributed by atoms with Crippen molar-refractivity contribution < 1.29 is 4.79 Å². The number of halogens is 1. The lowest BCUT2D eigenvalue weighted by Gasteiger charge is -2.03. The number of aromatic nitrogens is 4. The van der Waals surface area contributed by atoms with Crippen molar-refractivity contribution in [2.45, 2.75) is 0 Å². The Morgan fingerprint density at radius 1 is 1.30 bits per heavy atom. The molecule has 0 aliphatic rings. The van der Waals surface area contributed by atoms with Gasteiger partial charge < -0.3 is 4.57 Å². The second-order valence-corrected chi connectivity index (χ2v) is 5.29. The molecule has 20 heavy (non-hydrogen) atoms. The predicted molar refractivity (Wildman–Crippen MR) is 79.6 cm³/mol. The van der Waals surface area contributed by atoms with Gasteiger partial charge in [0.2, 0.25) is 5.95 Å². The van der Waals surface area contributed by atoms with Crippen LogP contribution in [0.25, 0.3) is 11.0 Å². The van der Waals surface area contributed by atoms with E-state index in [-0.39, 0.29) is 5.91 Å². The number of nitrogens with zero attached hydrogens (tertiary/aromatic N) is 4. The normalized spacial score (nSPS) is 10.9. The molecule has 0 bridgehead atoms. The van der Waals surface area contributed by atoms with E-state index in [1.165, 1.54) is 0 Å². The summed E-state index contributed by atoms with van der Waals surface area (Å²) >= 11 is 3.31. The maximum atomic E-state index is 12.2. The number of benzene rings is 1. The highest BCUT2D eigenvalue weighted by atomic mass is 79.9. The Labute approximate surface area is 123 Å². The molecular weight excluding hydrogens is 322 g/mol. The third-order valence-corrected chi connectivity index (χ3v) is 3.59. The number of amides is 1. The van der Waals surface area contributed by atoms with Gasteiger partial charge in [-0.05, 0) is 28.1 Å². The Balaban J connectivity index is 1.95. The Morgan fingerprint density at radius 3 is 2.70 bits per heavy atom. The van der Waals surface area contributed by atoms with E-state index in [1.807, 2.05) is 35.9 Å². The van der Waals surface area contributed by atoms with Crippen molar-refractivity contribution in [1.29, 1.82) is 0 Å². The summed E-state index contributed by atoms with van der Waals surface area (Å²) in [4.78, 5) is 16.6. The SMILES string of the molecule is Cn1cc(Br)c(C(=O)Nc2nc3ccccc3n2C)n1. The van der Waals surface area contributed by atoms with E-state index in [4.69, 9.17) is 0 Å². The molecule has 6 nitrogen and oxygen atoms in total. The zero-order valence-electron chi connectivity index (χ0n) is 11.0. The molecule has 1 N–H and O–H groups in total. The molecule has 0 saturated carbocycles. The molecule has 1 aromatic carbocycles. The van der Waals surface area contributed by atoms with E-state index in [0.29, 0.717) is 16.1 Å². The molecule has 0 saturated heterocycles. The van der Waals surface area contributed by atoms with Gasteiger partial charge in [0.05, 0.1) is 15.5 Å². The van der Waals surface area contributed by atoms with E-state index in [2.05, 4.69) is 31.3 Å². The quantitative estimate of drug-likeness (QED) is 0.782. The van der Waals surface area contributed by atoms with Crippen LogP contribution in [0.4, 0.5) is 5.95 Å². The van der Waals surface area contributed by atoms with Gasteiger partial charge in [-0.1, -0.05) is 12.1 Å². The molecule has 0 radical (unpaired) electrons. The number of hydrogen-bond donors (Lipinski definition) is 1. The van der Waals surface area contributed by atoms with Crippen LogP contribution >= 0.6 is 15.9 Å².